The molecule has 5 rings (SSSR count). The predicted molar refractivity (Wildman–Crippen MR) is 133 cm³/mol. The second-order valence-corrected chi connectivity index (χ2v) is 9.22. The van der Waals surface area contributed by atoms with Gasteiger partial charge in [-0.15, -0.1) is 5.10 Å². The fourth-order valence-electron chi connectivity index (χ4n) is 4.86. The number of tetrazole rings is 1. The first-order chi connectivity index (χ1) is 16.9. The van der Waals surface area contributed by atoms with Crippen LogP contribution in [0.4, 0.5) is 4.39 Å². The first kappa shape index (κ1) is 23.3. The number of hydrogen-bond acceptors (Lipinski definition) is 6. The summed E-state index contributed by atoms with van der Waals surface area (Å²) >= 11 is 0. The summed E-state index contributed by atoms with van der Waals surface area (Å²) in [6.45, 7) is 11.0. The maximum absolute atomic E-state index is 13.5. The van der Waals surface area contributed by atoms with Crippen LogP contribution in [-0.2, 0) is 6.54 Å². The molecular weight excluding hydrogens is 445 g/mol. The molecule has 1 aliphatic heterocycles. The van der Waals surface area contributed by atoms with Crippen molar-refractivity contribution < 1.29 is 4.39 Å². The number of hydrogen-bond donors (Lipinski definition) is 1. The number of benzene rings is 2. The molecule has 182 valence electrons. The van der Waals surface area contributed by atoms with Crippen LogP contribution in [0, 0.1) is 19.7 Å². The van der Waals surface area contributed by atoms with Crippen molar-refractivity contribution in [2.75, 3.05) is 32.7 Å². The first-order valence-corrected chi connectivity index (χ1v) is 12.0. The summed E-state index contributed by atoms with van der Waals surface area (Å²) in [4.78, 5) is 21.3. The van der Waals surface area contributed by atoms with Gasteiger partial charge in [0.2, 0.25) is 0 Å². The maximum atomic E-state index is 13.5. The molecule has 0 spiro atoms. The Labute approximate surface area is 203 Å². The number of rotatable bonds is 6. The number of aromatic amines is 1. The van der Waals surface area contributed by atoms with E-state index in [0.29, 0.717) is 17.9 Å². The second-order valence-electron chi connectivity index (χ2n) is 9.22. The van der Waals surface area contributed by atoms with Gasteiger partial charge in [0.15, 0.2) is 5.82 Å². The van der Waals surface area contributed by atoms with Gasteiger partial charge in [0, 0.05) is 31.7 Å². The number of nitrogens with one attached hydrogen (secondary N) is 1. The van der Waals surface area contributed by atoms with Crippen LogP contribution in [0.5, 0.6) is 0 Å². The van der Waals surface area contributed by atoms with Gasteiger partial charge in [-0.05, 0) is 71.1 Å². The van der Waals surface area contributed by atoms with Crippen LogP contribution in [0.1, 0.15) is 41.0 Å². The normalized spacial score (nSPS) is 16.1. The van der Waals surface area contributed by atoms with E-state index in [4.69, 9.17) is 0 Å². The lowest BCUT2D eigenvalue weighted by molar-refractivity contribution is 0.108. The van der Waals surface area contributed by atoms with E-state index in [1.54, 1.807) is 16.8 Å². The van der Waals surface area contributed by atoms with E-state index in [0.717, 1.165) is 60.3 Å². The molecule has 35 heavy (non-hydrogen) atoms. The van der Waals surface area contributed by atoms with Crippen molar-refractivity contribution >= 4 is 10.9 Å². The Morgan fingerprint density at radius 1 is 1.06 bits per heavy atom. The van der Waals surface area contributed by atoms with E-state index in [2.05, 4.69) is 43.3 Å². The van der Waals surface area contributed by atoms with Crippen molar-refractivity contribution in [1.82, 2.24) is 35.0 Å². The summed E-state index contributed by atoms with van der Waals surface area (Å²) in [6, 6.07) is 12.0. The molecule has 3 heterocycles. The number of piperazine rings is 1. The lowest BCUT2D eigenvalue weighted by Crippen LogP contribution is -2.49. The number of H-pyrrole nitrogens is 1. The standard InChI is InChI=1S/C26H30FN7O/c1-4-32-11-13-33(14-12-32)24(22-15-20-8-5-17(2)18(3)23(20)28-26(22)35)25-29-30-31-34(25)16-19-6-9-21(27)10-7-19/h5-10,15,24H,4,11-14,16H2,1-3H3,(H,28,35). The summed E-state index contributed by atoms with van der Waals surface area (Å²) in [5, 5.41) is 13.6. The number of likely N-dealkylation sites (N-methyl/N-ethyl adjacent to an activating group) is 1. The van der Waals surface area contributed by atoms with Gasteiger partial charge in [-0.2, -0.15) is 0 Å². The Kier molecular flexibility index (Phi) is 6.44. The molecule has 2 aromatic heterocycles. The molecule has 0 amide bonds. The molecule has 1 saturated heterocycles. The Hall–Kier alpha value is -3.43. The molecular formula is C26H30FN7O. The van der Waals surface area contributed by atoms with Gasteiger partial charge in [-0.3, -0.25) is 9.69 Å². The van der Waals surface area contributed by atoms with Gasteiger partial charge in [-0.25, -0.2) is 9.07 Å². The fourth-order valence-corrected chi connectivity index (χ4v) is 4.86. The highest BCUT2D eigenvalue weighted by atomic mass is 19.1. The zero-order valence-electron chi connectivity index (χ0n) is 20.3. The number of pyridine rings is 1. The van der Waals surface area contributed by atoms with Crippen LogP contribution in [-0.4, -0.2) is 67.7 Å². The fraction of sp³-hybridized carbons (Fsp3) is 0.385. The van der Waals surface area contributed by atoms with Crippen LogP contribution >= 0.6 is 0 Å². The van der Waals surface area contributed by atoms with E-state index < -0.39 is 6.04 Å². The van der Waals surface area contributed by atoms with Gasteiger partial charge in [0.25, 0.3) is 5.56 Å². The number of fused-ring (bicyclic) bond motifs is 1. The lowest BCUT2D eigenvalue weighted by Gasteiger charge is -2.38. The van der Waals surface area contributed by atoms with E-state index in [9.17, 15) is 9.18 Å². The highest BCUT2D eigenvalue weighted by Gasteiger charge is 2.32. The van der Waals surface area contributed by atoms with Crippen molar-refractivity contribution in [1.29, 1.82) is 0 Å². The third-order valence-corrected chi connectivity index (χ3v) is 7.14. The van der Waals surface area contributed by atoms with Crippen LogP contribution < -0.4 is 5.56 Å². The lowest BCUT2D eigenvalue weighted by atomic mass is 9.99. The molecule has 0 bridgehead atoms. The second kappa shape index (κ2) is 9.67. The molecule has 1 unspecified atom stereocenters. The smallest absolute Gasteiger partial charge is 0.253 e. The highest BCUT2D eigenvalue weighted by molar-refractivity contribution is 5.83. The van der Waals surface area contributed by atoms with Crippen LogP contribution in [0.2, 0.25) is 0 Å². The molecule has 4 aromatic rings. The van der Waals surface area contributed by atoms with Crippen molar-refractivity contribution in [3.05, 3.63) is 86.7 Å². The molecule has 9 heteroatoms. The van der Waals surface area contributed by atoms with Gasteiger partial charge < -0.3 is 9.88 Å². The molecule has 0 radical (unpaired) electrons. The van der Waals surface area contributed by atoms with Gasteiger partial charge in [0.05, 0.1) is 12.1 Å². The van der Waals surface area contributed by atoms with Crippen molar-refractivity contribution in [2.24, 2.45) is 0 Å². The molecule has 1 fully saturated rings. The van der Waals surface area contributed by atoms with Crippen molar-refractivity contribution in [2.45, 2.75) is 33.4 Å². The van der Waals surface area contributed by atoms with Crippen molar-refractivity contribution in [3.63, 3.8) is 0 Å². The summed E-state index contributed by atoms with van der Waals surface area (Å²) in [5.41, 5.74) is 4.44. The van der Waals surface area contributed by atoms with Gasteiger partial charge >= 0.3 is 0 Å². The van der Waals surface area contributed by atoms with Crippen molar-refractivity contribution in [3.8, 4) is 0 Å². The van der Waals surface area contributed by atoms with E-state index >= 15 is 0 Å². The van der Waals surface area contributed by atoms with E-state index in [1.807, 2.05) is 26.0 Å². The van der Waals surface area contributed by atoms with Crippen LogP contribution in [0.15, 0.2) is 47.3 Å². The Bertz CT molecular complexity index is 1390. The molecule has 2 aromatic carbocycles. The van der Waals surface area contributed by atoms with Crippen LogP contribution in [0.25, 0.3) is 10.9 Å². The van der Waals surface area contributed by atoms with Gasteiger partial charge in [0.1, 0.15) is 11.9 Å². The minimum atomic E-state index is -0.404. The maximum Gasteiger partial charge on any atom is 0.253 e. The first-order valence-electron chi connectivity index (χ1n) is 12.0. The monoisotopic (exact) mass is 475 g/mol. The molecule has 0 aliphatic carbocycles. The molecule has 8 nitrogen and oxygen atoms in total. The van der Waals surface area contributed by atoms with Crippen LogP contribution in [0.3, 0.4) is 0 Å². The summed E-state index contributed by atoms with van der Waals surface area (Å²) < 4.78 is 15.1. The number of aromatic nitrogens is 5. The number of nitrogens with zero attached hydrogens (tertiary/aromatic N) is 6. The molecule has 1 atom stereocenters. The highest BCUT2D eigenvalue weighted by Crippen LogP contribution is 2.29. The topological polar surface area (TPSA) is 82.9 Å². The summed E-state index contributed by atoms with van der Waals surface area (Å²) in [6.07, 6.45) is 0. The average molecular weight is 476 g/mol. The third kappa shape index (κ3) is 4.61. The Balaban J connectivity index is 1.60. The average Bonchev–Trinajstić information content (AvgIpc) is 3.32. The number of halogens is 1. The molecule has 0 saturated carbocycles. The Morgan fingerprint density at radius 3 is 2.51 bits per heavy atom. The zero-order chi connectivity index (χ0) is 24.5. The van der Waals surface area contributed by atoms with E-state index in [-0.39, 0.29) is 11.4 Å². The molecule has 1 aliphatic rings. The minimum Gasteiger partial charge on any atom is -0.321 e. The Morgan fingerprint density at radius 2 is 1.80 bits per heavy atom. The predicted octanol–water partition coefficient (Wildman–Crippen LogP) is 3.05. The number of aryl methyl sites for hydroxylation is 2. The summed E-state index contributed by atoms with van der Waals surface area (Å²) in [7, 11) is 0. The minimum absolute atomic E-state index is 0.134. The van der Waals surface area contributed by atoms with Gasteiger partial charge in [-0.1, -0.05) is 31.2 Å². The largest absolute Gasteiger partial charge is 0.321 e. The zero-order valence-corrected chi connectivity index (χ0v) is 20.3. The van der Waals surface area contributed by atoms with E-state index in [1.165, 1.54) is 12.1 Å². The quantitative estimate of drug-likeness (QED) is 0.462. The SMILES string of the molecule is CCN1CCN(C(c2cc3ccc(C)c(C)c3[nH]c2=O)c2nnnn2Cc2ccc(F)cc2)CC1. The molecule has 1 N–H and O–H groups in total. The third-order valence-electron chi connectivity index (χ3n) is 7.14. The summed E-state index contributed by atoms with van der Waals surface area (Å²) in [5.74, 6) is 0.318.